The summed E-state index contributed by atoms with van der Waals surface area (Å²) >= 11 is 0. The molecule has 40 heavy (non-hydrogen) atoms. The highest BCUT2D eigenvalue weighted by atomic mass is 16.2. The first-order chi connectivity index (χ1) is 19.5. The monoisotopic (exact) mass is 551 g/mol. The average Bonchev–Trinajstić information content (AvgIpc) is 3.21. The summed E-state index contributed by atoms with van der Waals surface area (Å²) in [6.45, 7) is 16.8. The van der Waals surface area contributed by atoms with Crippen molar-refractivity contribution in [1.82, 2.24) is 20.0 Å². The number of hydrogen-bond donors (Lipinski definition) is 2. The van der Waals surface area contributed by atoms with E-state index in [0.717, 1.165) is 64.0 Å². The van der Waals surface area contributed by atoms with Crippen molar-refractivity contribution in [2.45, 2.75) is 84.7 Å². The van der Waals surface area contributed by atoms with Crippen LogP contribution >= 0.6 is 0 Å². The summed E-state index contributed by atoms with van der Waals surface area (Å²) in [4.78, 5) is 32.1. The lowest BCUT2D eigenvalue weighted by Gasteiger charge is -2.39. The van der Waals surface area contributed by atoms with Gasteiger partial charge in [-0.15, -0.1) is 19.4 Å². The van der Waals surface area contributed by atoms with Crippen LogP contribution in [0.3, 0.4) is 0 Å². The van der Waals surface area contributed by atoms with Gasteiger partial charge in [0, 0.05) is 44.0 Å². The molecule has 7 heteroatoms. The van der Waals surface area contributed by atoms with Gasteiger partial charge in [0.1, 0.15) is 0 Å². The number of carbonyl (C=O) groups excluding carboxylic acids is 2. The van der Waals surface area contributed by atoms with Gasteiger partial charge in [-0.1, -0.05) is 49.8 Å². The fourth-order valence-electron chi connectivity index (χ4n) is 5.21. The molecule has 1 atom stereocenters. The van der Waals surface area contributed by atoms with E-state index in [9.17, 15) is 9.59 Å². The number of rotatable bonds is 3. The Balaban J connectivity index is 0.000000788. The Morgan fingerprint density at radius 1 is 1.02 bits per heavy atom. The molecule has 2 saturated heterocycles. The molecule has 1 aromatic rings. The van der Waals surface area contributed by atoms with E-state index in [2.05, 4.69) is 47.9 Å². The molecule has 1 aromatic carbocycles. The largest absolute Gasteiger partial charge is 0.334 e. The fraction of sp³-hybridized carbons (Fsp3) is 0.576. The normalized spacial score (nSPS) is 19.9. The summed E-state index contributed by atoms with van der Waals surface area (Å²) in [6.07, 6.45) is 20.8. The zero-order valence-electron chi connectivity index (χ0n) is 25.4. The van der Waals surface area contributed by atoms with E-state index in [1.807, 2.05) is 60.9 Å². The van der Waals surface area contributed by atoms with Crippen molar-refractivity contribution in [3.05, 3.63) is 54.6 Å². The molecular formula is C33H53N5O2. The second kappa shape index (κ2) is 20.6. The first kappa shape index (κ1) is 34.8. The first-order valence-corrected chi connectivity index (χ1v) is 14.9. The summed E-state index contributed by atoms with van der Waals surface area (Å²) in [5.74, 6) is 0. The third-order valence-corrected chi connectivity index (χ3v) is 7.42. The average molecular weight is 552 g/mol. The summed E-state index contributed by atoms with van der Waals surface area (Å²) in [6, 6.07) is 8.57. The number of likely N-dealkylation sites (tertiary alicyclic amines) is 2. The molecule has 7 nitrogen and oxygen atoms in total. The van der Waals surface area contributed by atoms with Crippen LogP contribution in [0.25, 0.3) is 0 Å². The number of amides is 4. The van der Waals surface area contributed by atoms with Crippen LogP contribution in [0.5, 0.6) is 0 Å². The zero-order chi connectivity index (χ0) is 29.8. The molecule has 4 amide bonds. The van der Waals surface area contributed by atoms with E-state index in [-0.39, 0.29) is 24.1 Å². The van der Waals surface area contributed by atoms with Crippen molar-refractivity contribution in [2.75, 3.05) is 44.6 Å². The molecule has 3 aliphatic heterocycles. The number of nitrogens with zero attached hydrogens (tertiary/aromatic N) is 3. The predicted molar refractivity (Wildman–Crippen MR) is 170 cm³/mol. The van der Waals surface area contributed by atoms with Gasteiger partial charge in [-0.25, -0.2) is 9.59 Å². The SMILES string of the molecule is C#C.C/C=C\C.C=CC.CCN1CCCCC(NC(=O)N2CCC(N3CCCc4ccccc4NC3=O)CC2)C1. The number of aryl methyl sites for hydroxylation is 1. The number of terminal acetylenes is 1. The number of fused-ring (bicyclic) bond motifs is 1. The second-order valence-electron chi connectivity index (χ2n) is 10.2. The van der Waals surface area contributed by atoms with Gasteiger partial charge in [0.15, 0.2) is 0 Å². The van der Waals surface area contributed by atoms with E-state index < -0.39 is 0 Å². The quantitative estimate of drug-likeness (QED) is 0.331. The van der Waals surface area contributed by atoms with Crippen LogP contribution < -0.4 is 10.6 Å². The third kappa shape index (κ3) is 11.9. The highest BCUT2D eigenvalue weighted by molar-refractivity contribution is 5.90. The minimum absolute atomic E-state index is 0.00633. The minimum atomic E-state index is -0.00633. The number of anilines is 1. The molecule has 0 aromatic heterocycles. The highest BCUT2D eigenvalue weighted by Crippen LogP contribution is 2.24. The highest BCUT2D eigenvalue weighted by Gasteiger charge is 2.31. The molecule has 1 unspecified atom stereocenters. The number of piperidine rings is 1. The minimum Gasteiger partial charge on any atom is -0.334 e. The van der Waals surface area contributed by atoms with Crippen LogP contribution in [0.4, 0.5) is 15.3 Å². The number of allylic oxidation sites excluding steroid dienone is 3. The summed E-state index contributed by atoms with van der Waals surface area (Å²) in [5.41, 5.74) is 2.14. The molecule has 222 valence electrons. The Hall–Kier alpha value is -3.24. The number of benzene rings is 1. The lowest BCUT2D eigenvalue weighted by molar-refractivity contribution is 0.129. The second-order valence-corrected chi connectivity index (χ2v) is 10.2. The molecule has 0 saturated carbocycles. The Morgan fingerprint density at radius 2 is 1.68 bits per heavy atom. The Labute approximate surface area is 244 Å². The van der Waals surface area contributed by atoms with Crippen molar-refractivity contribution in [2.24, 2.45) is 0 Å². The maximum absolute atomic E-state index is 12.9. The Morgan fingerprint density at radius 3 is 2.30 bits per heavy atom. The van der Waals surface area contributed by atoms with Gasteiger partial charge in [-0.2, -0.15) is 0 Å². The van der Waals surface area contributed by atoms with Crippen molar-refractivity contribution < 1.29 is 9.59 Å². The van der Waals surface area contributed by atoms with Crippen LogP contribution in [-0.2, 0) is 6.42 Å². The Kier molecular flexibility index (Phi) is 17.9. The van der Waals surface area contributed by atoms with Gasteiger partial charge in [0.25, 0.3) is 0 Å². The van der Waals surface area contributed by atoms with Crippen molar-refractivity contribution >= 4 is 17.7 Å². The van der Waals surface area contributed by atoms with E-state index in [1.54, 1.807) is 6.08 Å². The number of nitrogens with one attached hydrogen (secondary N) is 2. The van der Waals surface area contributed by atoms with Crippen LogP contribution in [0.2, 0.25) is 0 Å². The number of urea groups is 2. The number of likely N-dealkylation sites (N-methyl/N-ethyl adjacent to an activating group) is 1. The van der Waals surface area contributed by atoms with E-state index in [0.29, 0.717) is 13.1 Å². The zero-order valence-corrected chi connectivity index (χ0v) is 25.4. The molecule has 4 rings (SSSR count). The molecule has 0 spiro atoms. The van der Waals surface area contributed by atoms with Crippen molar-refractivity contribution in [3.8, 4) is 12.8 Å². The van der Waals surface area contributed by atoms with Crippen LogP contribution in [0, 0.1) is 12.8 Å². The maximum Gasteiger partial charge on any atom is 0.322 e. The Bertz CT molecular complexity index is 916. The molecule has 0 bridgehead atoms. The van der Waals surface area contributed by atoms with Gasteiger partial charge >= 0.3 is 12.1 Å². The molecule has 2 N–H and O–H groups in total. The van der Waals surface area contributed by atoms with Crippen LogP contribution in [0.15, 0.2) is 49.1 Å². The van der Waals surface area contributed by atoms with E-state index in [1.165, 1.54) is 18.4 Å². The topological polar surface area (TPSA) is 67.9 Å². The molecule has 0 aliphatic carbocycles. The molecule has 0 radical (unpaired) electrons. The van der Waals surface area contributed by atoms with Gasteiger partial charge in [0.2, 0.25) is 0 Å². The van der Waals surface area contributed by atoms with Gasteiger partial charge in [0.05, 0.1) is 0 Å². The summed E-state index contributed by atoms with van der Waals surface area (Å²) in [7, 11) is 0. The molecule has 2 fully saturated rings. The van der Waals surface area contributed by atoms with Crippen LogP contribution in [0.1, 0.15) is 71.8 Å². The number of carbonyl (C=O) groups is 2. The summed E-state index contributed by atoms with van der Waals surface area (Å²) < 4.78 is 0. The van der Waals surface area contributed by atoms with Crippen LogP contribution in [-0.4, -0.2) is 78.1 Å². The van der Waals surface area contributed by atoms with E-state index >= 15 is 0 Å². The summed E-state index contributed by atoms with van der Waals surface area (Å²) in [5, 5.41) is 6.38. The maximum atomic E-state index is 12.9. The van der Waals surface area contributed by atoms with E-state index in [4.69, 9.17) is 0 Å². The van der Waals surface area contributed by atoms with Gasteiger partial charge < -0.3 is 25.3 Å². The third-order valence-electron chi connectivity index (χ3n) is 7.42. The first-order valence-electron chi connectivity index (χ1n) is 14.9. The number of para-hydroxylation sites is 1. The fourth-order valence-corrected chi connectivity index (χ4v) is 5.21. The van der Waals surface area contributed by atoms with Crippen molar-refractivity contribution in [3.63, 3.8) is 0 Å². The van der Waals surface area contributed by atoms with Gasteiger partial charge in [-0.05, 0) is 84.0 Å². The molecule has 3 heterocycles. The lowest BCUT2D eigenvalue weighted by atomic mass is 10.0. The number of hydrogen-bond acceptors (Lipinski definition) is 3. The van der Waals surface area contributed by atoms with Crippen molar-refractivity contribution in [1.29, 1.82) is 0 Å². The smallest absolute Gasteiger partial charge is 0.322 e. The standard InChI is InChI=1S/C24H37N5O2.C4H8.C3H6.C2H2/c1-2-27-14-6-5-10-20(18-27)25-23(30)28-16-12-21(13-17-28)29-15-7-9-19-8-3-4-11-22(19)26-24(29)31;1-3-4-2;1-3-2;1-2/h3-4,8,11,20-21H,2,5-7,9-10,12-18H2,1H3,(H,25,30)(H,26,31);3-4H,1-2H3;3H,1H2,2H3;1-2H/b;4-3-;;. The lowest BCUT2D eigenvalue weighted by Crippen LogP contribution is -2.54. The van der Waals surface area contributed by atoms with Gasteiger partial charge in [-0.3, -0.25) is 0 Å². The predicted octanol–water partition coefficient (Wildman–Crippen LogP) is 6.54. The molecule has 3 aliphatic rings. The molecular weight excluding hydrogens is 498 g/mol.